The minimum Gasteiger partial charge on any atom is -0.352 e. The van der Waals surface area contributed by atoms with E-state index in [0.29, 0.717) is 4.83 Å². The summed E-state index contributed by atoms with van der Waals surface area (Å²) in [6.45, 7) is 6.80. The van der Waals surface area contributed by atoms with Crippen molar-refractivity contribution in [1.82, 2.24) is 5.32 Å². The molecule has 0 spiro atoms. The highest BCUT2D eigenvalue weighted by Crippen LogP contribution is 2.13. The number of carbonyl (C=O) groups excluding carboxylic acids is 1. The zero-order chi connectivity index (χ0) is 12.8. The third kappa shape index (κ3) is 4.15. The van der Waals surface area contributed by atoms with Crippen molar-refractivity contribution < 1.29 is 4.79 Å². The summed E-state index contributed by atoms with van der Waals surface area (Å²) < 4.78 is 0. The predicted molar refractivity (Wildman–Crippen MR) is 75.9 cm³/mol. The molecule has 0 aliphatic carbocycles. The fraction of sp³-hybridized carbons (Fsp3) is 0.500. The van der Waals surface area contributed by atoms with Gasteiger partial charge in [-0.1, -0.05) is 41.1 Å². The Bertz CT molecular complexity index is 370. The molecule has 0 saturated carbocycles. The van der Waals surface area contributed by atoms with E-state index in [-0.39, 0.29) is 5.91 Å². The molecule has 0 heterocycles. The van der Waals surface area contributed by atoms with Gasteiger partial charge in [0.05, 0.1) is 0 Å². The van der Waals surface area contributed by atoms with Gasteiger partial charge in [0, 0.05) is 16.9 Å². The van der Waals surface area contributed by atoms with E-state index in [9.17, 15) is 4.79 Å². The summed E-state index contributed by atoms with van der Waals surface area (Å²) in [7, 11) is 0. The van der Waals surface area contributed by atoms with Gasteiger partial charge in [0.25, 0.3) is 5.91 Å². The number of aryl methyl sites for hydroxylation is 2. The molecule has 1 atom stereocenters. The molecule has 1 rings (SSSR count). The Morgan fingerprint density at radius 2 is 1.94 bits per heavy atom. The van der Waals surface area contributed by atoms with Crippen molar-refractivity contribution in [3.05, 3.63) is 34.9 Å². The molecule has 1 amide bonds. The standard InChI is InChI=1S/C14H20BrNO/c1-4-12(15)8-9-16-14(17)13-10(2)6-5-7-11(13)3/h5-7,12H,4,8-9H2,1-3H3,(H,16,17). The van der Waals surface area contributed by atoms with Gasteiger partial charge in [-0.3, -0.25) is 4.79 Å². The Labute approximate surface area is 112 Å². The van der Waals surface area contributed by atoms with Gasteiger partial charge in [0.1, 0.15) is 0 Å². The van der Waals surface area contributed by atoms with Crippen LogP contribution < -0.4 is 5.32 Å². The number of alkyl halides is 1. The van der Waals surface area contributed by atoms with Crippen LogP contribution in [0.4, 0.5) is 0 Å². The monoisotopic (exact) mass is 297 g/mol. The van der Waals surface area contributed by atoms with E-state index >= 15 is 0 Å². The summed E-state index contributed by atoms with van der Waals surface area (Å²) in [5.41, 5.74) is 2.89. The number of halogens is 1. The minimum atomic E-state index is 0.0383. The molecule has 0 aliphatic rings. The Morgan fingerprint density at radius 3 is 2.47 bits per heavy atom. The van der Waals surface area contributed by atoms with E-state index in [2.05, 4.69) is 28.2 Å². The number of carbonyl (C=O) groups is 1. The maximum absolute atomic E-state index is 12.0. The van der Waals surface area contributed by atoms with E-state index in [1.807, 2.05) is 32.0 Å². The van der Waals surface area contributed by atoms with Crippen LogP contribution in [0.5, 0.6) is 0 Å². The summed E-state index contributed by atoms with van der Waals surface area (Å²) in [4.78, 5) is 12.5. The van der Waals surface area contributed by atoms with Gasteiger partial charge in [-0.25, -0.2) is 0 Å². The fourth-order valence-electron chi connectivity index (χ4n) is 1.81. The van der Waals surface area contributed by atoms with Crippen LogP contribution in [0.25, 0.3) is 0 Å². The topological polar surface area (TPSA) is 29.1 Å². The van der Waals surface area contributed by atoms with Crippen LogP contribution in [0.3, 0.4) is 0 Å². The molecule has 0 aromatic heterocycles. The molecule has 2 nitrogen and oxygen atoms in total. The zero-order valence-corrected chi connectivity index (χ0v) is 12.3. The largest absolute Gasteiger partial charge is 0.352 e. The van der Waals surface area contributed by atoms with Crippen LogP contribution in [0.1, 0.15) is 41.3 Å². The second kappa shape index (κ2) is 6.80. The third-order valence-corrected chi connectivity index (χ3v) is 4.00. The smallest absolute Gasteiger partial charge is 0.251 e. The molecule has 1 N–H and O–H groups in total. The minimum absolute atomic E-state index is 0.0383. The lowest BCUT2D eigenvalue weighted by molar-refractivity contribution is 0.0952. The average molecular weight is 298 g/mol. The van der Waals surface area contributed by atoms with Crippen molar-refractivity contribution in [2.24, 2.45) is 0 Å². The first-order valence-electron chi connectivity index (χ1n) is 6.04. The molecule has 94 valence electrons. The van der Waals surface area contributed by atoms with E-state index in [1.165, 1.54) is 0 Å². The van der Waals surface area contributed by atoms with Crippen LogP contribution in [0.15, 0.2) is 18.2 Å². The first kappa shape index (κ1) is 14.2. The predicted octanol–water partition coefficient (Wildman–Crippen LogP) is 3.60. The van der Waals surface area contributed by atoms with Gasteiger partial charge >= 0.3 is 0 Å². The van der Waals surface area contributed by atoms with Gasteiger partial charge in [0.2, 0.25) is 0 Å². The average Bonchev–Trinajstić information content (AvgIpc) is 2.28. The zero-order valence-electron chi connectivity index (χ0n) is 10.7. The van der Waals surface area contributed by atoms with E-state index in [4.69, 9.17) is 0 Å². The van der Waals surface area contributed by atoms with Gasteiger partial charge in [0.15, 0.2) is 0 Å². The van der Waals surface area contributed by atoms with Crippen LogP contribution in [-0.2, 0) is 0 Å². The number of hydrogen-bond acceptors (Lipinski definition) is 1. The first-order valence-corrected chi connectivity index (χ1v) is 6.96. The number of nitrogens with one attached hydrogen (secondary N) is 1. The summed E-state index contributed by atoms with van der Waals surface area (Å²) in [5, 5.41) is 2.98. The van der Waals surface area contributed by atoms with Crippen LogP contribution in [-0.4, -0.2) is 17.3 Å². The van der Waals surface area contributed by atoms with E-state index in [0.717, 1.165) is 36.1 Å². The number of rotatable bonds is 5. The molecule has 0 aliphatic heterocycles. The quantitative estimate of drug-likeness (QED) is 0.827. The normalized spacial score (nSPS) is 12.2. The maximum atomic E-state index is 12.0. The van der Waals surface area contributed by atoms with Gasteiger partial charge < -0.3 is 5.32 Å². The van der Waals surface area contributed by atoms with Gasteiger partial charge in [-0.05, 0) is 37.8 Å². The SMILES string of the molecule is CCC(Br)CCNC(=O)c1c(C)cccc1C. The van der Waals surface area contributed by atoms with Crippen molar-refractivity contribution in [2.75, 3.05) is 6.54 Å². The summed E-state index contributed by atoms with van der Waals surface area (Å²) >= 11 is 3.56. The van der Waals surface area contributed by atoms with Gasteiger partial charge in [-0.15, -0.1) is 0 Å². The number of hydrogen-bond donors (Lipinski definition) is 1. The maximum Gasteiger partial charge on any atom is 0.251 e. The summed E-state index contributed by atoms with van der Waals surface area (Å²) in [5.74, 6) is 0.0383. The lowest BCUT2D eigenvalue weighted by Gasteiger charge is -2.11. The molecular weight excluding hydrogens is 278 g/mol. The first-order chi connectivity index (χ1) is 8.06. The molecule has 3 heteroatoms. The molecule has 1 aromatic rings. The van der Waals surface area contributed by atoms with Crippen LogP contribution >= 0.6 is 15.9 Å². The highest BCUT2D eigenvalue weighted by atomic mass is 79.9. The Kier molecular flexibility index (Phi) is 5.69. The van der Waals surface area contributed by atoms with Crippen LogP contribution in [0.2, 0.25) is 0 Å². The van der Waals surface area contributed by atoms with Crippen molar-refractivity contribution in [1.29, 1.82) is 0 Å². The molecule has 1 aromatic carbocycles. The fourth-order valence-corrected chi connectivity index (χ4v) is 2.04. The van der Waals surface area contributed by atoms with Crippen molar-refractivity contribution >= 4 is 21.8 Å². The van der Waals surface area contributed by atoms with Crippen molar-refractivity contribution in [2.45, 2.75) is 38.4 Å². The number of amides is 1. The Hall–Kier alpha value is -0.830. The third-order valence-electron chi connectivity index (χ3n) is 2.89. The van der Waals surface area contributed by atoms with Crippen LogP contribution in [0, 0.1) is 13.8 Å². The highest BCUT2D eigenvalue weighted by Gasteiger charge is 2.11. The summed E-state index contributed by atoms with van der Waals surface area (Å²) in [6, 6.07) is 5.93. The second-order valence-electron chi connectivity index (χ2n) is 4.32. The lowest BCUT2D eigenvalue weighted by atomic mass is 10.0. The molecule has 0 fully saturated rings. The Balaban J connectivity index is 2.59. The van der Waals surface area contributed by atoms with Crippen molar-refractivity contribution in [3.63, 3.8) is 0 Å². The highest BCUT2D eigenvalue weighted by molar-refractivity contribution is 9.09. The summed E-state index contributed by atoms with van der Waals surface area (Å²) in [6.07, 6.45) is 2.05. The molecule has 0 bridgehead atoms. The molecule has 1 unspecified atom stereocenters. The number of benzene rings is 1. The van der Waals surface area contributed by atoms with Gasteiger partial charge in [-0.2, -0.15) is 0 Å². The lowest BCUT2D eigenvalue weighted by Crippen LogP contribution is -2.27. The molecule has 17 heavy (non-hydrogen) atoms. The van der Waals surface area contributed by atoms with Crippen molar-refractivity contribution in [3.8, 4) is 0 Å². The second-order valence-corrected chi connectivity index (χ2v) is 5.61. The molecule has 0 saturated heterocycles. The van der Waals surface area contributed by atoms with E-state index in [1.54, 1.807) is 0 Å². The Morgan fingerprint density at radius 1 is 1.35 bits per heavy atom. The molecule has 0 radical (unpaired) electrons. The van der Waals surface area contributed by atoms with E-state index < -0.39 is 0 Å². The molecular formula is C14H20BrNO.